The highest BCUT2D eigenvalue weighted by Gasteiger charge is 2.28. The van der Waals surface area contributed by atoms with Gasteiger partial charge in [0, 0.05) is 25.1 Å². The fourth-order valence-corrected chi connectivity index (χ4v) is 4.23. The van der Waals surface area contributed by atoms with E-state index >= 15 is 0 Å². The van der Waals surface area contributed by atoms with Crippen LogP contribution in [0.3, 0.4) is 0 Å². The van der Waals surface area contributed by atoms with Crippen LogP contribution in [0.15, 0.2) is 0 Å². The van der Waals surface area contributed by atoms with Crippen molar-refractivity contribution in [1.82, 2.24) is 10.0 Å². The number of hydrogen-bond acceptors (Lipinski definition) is 4. The summed E-state index contributed by atoms with van der Waals surface area (Å²) in [5, 5.41) is 3.22. The molecular weight excluding hydrogens is 252 g/mol. The highest BCUT2D eigenvalue weighted by atomic mass is 32.2. The molecule has 0 aromatic heterocycles. The number of ether oxygens (including phenoxy) is 1. The normalized spacial score (nSPS) is 33.1. The average Bonchev–Trinajstić information content (AvgIpc) is 2.96. The van der Waals surface area contributed by atoms with Crippen molar-refractivity contribution < 1.29 is 13.2 Å². The van der Waals surface area contributed by atoms with Crippen LogP contribution in [0.5, 0.6) is 0 Å². The van der Waals surface area contributed by atoms with Crippen LogP contribution < -0.4 is 10.0 Å². The predicted octanol–water partition coefficient (Wildman–Crippen LogP) is 0.473. The zero-order valence-electron chi connectivity index (χ0n) is 11.0. The number of rotatable bonds is 6. The van der Waals surface area contributed by atoms with Gasteiger partial charge >= 0.3 is 0 Å². The van der Waals surface area contributed by atoms with E-state index < -0.39 is 10.0 Å². The van der Waals surface area contributed by atoms with E-state index in [-0.39, 0.29) is 17.9 Å². The summed E-state index contributed by atoms with van der Waals surface area (Å²) < 4.78 is 32.2. The lowest BCUT2D eigenvalue weighted by Crippen LogP contribution is -2.39. The Hall–Kier alpha value is -0.170. The van der Waals surface area contributed by atoms with E-state index in [2.05, 4.69) is 17.0 Å². The lowest BCUT2D eigenvalue weighted by atomic mass is 10.0. The Labute approximate surface area is 110 Å². The largest absolute Gasteiger partial charge is 0.378 e. The molecular formula is C12H24N2O3S. The van der Waals surface area contributed by atoms with Crippen molar-refractivity contribution in [2.75, 3.05) is 25.4 Å². The van der Waals surface area contributed by atoms with E-state index in [1.807, 2.05) is 0 Å². The Morgan fingerprint density at radius 1 is 1.39 bits per heavy atom. The highest BCUT2D eigenvalue weighted by molar-refractivity contribution is 7.89. The van der Waals surface area contributed by atoms with Crippen LogP contribution in [-0.2, 0) is 14.8 Å². The molecule has 2 aliphatic heterocycles. The third-order valence-corrected chi connectivity index (χ3v) is 5.34. The van der Waals surface area contributed by atoms with Crippen LogP contribution in [-0.4, -0.2) is 46.0 Å². The van der Waals surface area contributed by atoms with E-state index in [0.29, 0.717) is 12.5 Å². The maximum atomic E-state index is 11.9. The molecule has 2 saturated heterocycles. The van der Waals surface area contributed by atoms with Crippen LogP contribution in [0.25, 0.3) is 0 Å². The quantitative estimate of drug-likeness (QED) is 0.740. The van der Waals surface area contributed by atoms with Crippen molar-refractivity contribution in [3.05, 3.63) is 0 Å². The number of nitrogens with one attached hydrogen (secondary N) is 2. The van der Waals surface area contributed by atoms with Crippen LogP contribution in [0.2, 0.25) is 0 Å². The molecule has 2 N–H and O–H groups in total. The molecule has 5 nitrogen and oxygen atoms in total. The molecule has 2 aliphatic rings. The van der Waals surface area contributed by atoms with Crippen molar-refractivity contribution in [1.29, 1.82) is 0 Å². The number of sulfonamides is 1. The fraction of sp³-hybridized carbons (Fsp3) is 1.00. The van der Waals surface area contributed by atoms with Gasteiger partial charge in [0.2, 0.25) is 10.0 Å². The molecule has 0 saturated carbocycles. The van der Waals surface area contributed by atoms with Crippen LogP contribution in [0.4, 0.5) is 0 Å². The molecule has 18 heavy (non-hydrogen) atoms. The van der Waals surface area contributed by atoms with Gasteiger partial charge in [-0.15, -0.1) is 0 Å². The van der Waals surface area contributed by atoms with Gasteiger partial charge in [0.1, 0.15) is 0 Å². The molecule has 2 heterocycles. The van der Waals surface area contributed by atoms with Gasteiger partial charge in [0.05, 0.1) is 11.9 Å². The summed E-state index contributed by atoms with van der Waals surface area (Å²) >= 11 is 0. The second-order valence-corrected chi connectivity index (χ2v) is 7.14. The maximum absolute atomic E-state index is 11.9. The van der Waals surface area contributed by atoms with Gasteiger partial charge in [-0.3, -0.25) is 0 Å². The SMILES string of the molecule is CCC1OCCC1CNS(=O)(=O)CC1CCCN1. The van der Waals surface area contributed by atoms with Crippen molar-refractivity contribution in [3.63, 3.8) is 0 Å². The lowest BCUT2D eigenvalue weighted by Gasteiger charge is -2.18. The minimum absolute atomic E-state index is 0.129. The molecule has 0 aliphatic carbocycles. The maximum Gasteiger partial charge on any atom is 0.213 e. The van der Waals surface area contributed by atoms with Gasteiger partial charge in [0.15, 0.2) is 0 Å². The van der Waals surface area contributed by atoms with Crippen molar-refractivity contribution in [2.24, 2.45) is 5.92 Å². The molecule has 2 fully saturated rings. The molecule has 6 heteroatoms. The second-order valence-electron chi connectivity index (χ2n) is 5.29. The van der Waals surface area contributed by atoms with Gasteiger partial charge in [-0.1, -0.05) is 6.92 Å². The Morgan fingerprint density at radius 2 is 2.22 bits per heavy atom. The summed E-state index contributed by atoms with van der Waals surface area (Å²) in [6.45, 7) is 4.30. The van der Waals surface area contributed by atoms with Crippen molar-refractivity contribution in [2.45, 2.75) is 44.8 Å². The molecule has 0 aromatic rings. The van der Waals surface area contributed by atoms with Gasteiger partial charge in [-0.05, 0) is 32.2 Å². The minimum Gasteiger partial charge on any atom is -0.378 e. The molecule has 2 rings (SSSR count). The van der Waals surface area contributed by atoms with Crippen LogP contribution >= 0.6 is 0 Å². The van der Waals surface area contributed by atoms with Gasteiger partial charge in [-0.2, -0.15) is 0 Å². The van der Waals surface area contributed by atoms with E-state index in [1.54, 1.807) is 0 Å². The standard InChI is InChI=1S/C12H24N2O3S/c1-2-12-10(5-7-17-12)8-14-18(15,16)9-11-4-3-6-13-11/h10-14H,2-9H2,1H3. The van der Waals surface area contributed by atoms with Crippen LogP contribution in [0.1, 0.15) is 32.6 Å². The highest BCUT2D eigenvalue weighted by Crippen LogP contribution is 2.22. The molecule has 0 radical (unpaired) electrons. The lowest BCUT2D eigenvalue weighted by molar-refractivity contribution is 0.0884. The second kappa shape index (κ2) is 6.32. The van der Waals surface area contributed by atoms with E-state index in [4.69, 9.17) is 4.74 Å². The Balaban J connectivity index is 1.77. The summed E-state index contributed by atoms with van der Waals surface area (Å²) in [4.78, 5) is 0. The third kappa shape index (κ3) is 3.91. The fourth-order valence-electron chi connectivity index (χ4n) is 2.83. The first kappa shape index (κ1) is 14.2. The van der Waals surface area contributed by atoms with Gasteiger partial charge < -0.3 is 10.1 Å². The molecule has 106 valence electrons. The zero-order chi connectivity index (χ0) is 13.0. The Morgan fingerprint density at radius 3 is 2.89 bits per heavy atom. The van der Waals surface area contributed by atoms with Gasteiger partial charge in [-0.25, -0.2) is 13.1 Å². The predicted molar refractivity (Wildman–Crippen MR) is 71.0 cm³/mol. The monoisotopic (exact) mass is 276 g/mol. The smallest absolute Gasteiger partial charge is 0.213 e. The first-order valence-electron chi connectivity index (χ1n) is 6.93. The Kier molecular flexibility index (Phi) is 5.00. The number of hydrogen-bond donors (Lipinski definition) is 2. The van der Waals surface area contributed by atoms with Crippen LogP contribution in [0, 0.1) is 5.92 Å². The van der Waals surface area contributed by atoms with Crippen molar-refractivity contribution in [3.8, 4) is 0 Å². The van der Waals surface area contributed by atoms with E-state index in [0.717, 1.165) is 38.8 Å². The summed E-state index contributed by atoms with van der Waals surface area (Å²) in [6.07, 6.45) is 4.18. The van der Waals surface area contributed by atoms with E-state index in [1.165, 1.54) is 0 Å². The topological polar surface area (TPSA) is 67.4 Å². The molecule has 0 bridgehead atoms. The Bertz CT molecular complexity index is 352. The average molecular weight is 276 g/mol. The molecule has 0 aromatic carbocycles. The molecule has 3 unspecified atom stereocenters. The van der Waals surface area contributed by atoms with Crippen molar-refractivity contribution >= 4 is 10.0 Å². The first-order chi connectivity index (χ1) is 8.61. The van der Waals surface area contributed by atoms with E-state index in [9.17, 15) is 8.42 Å². The zero-order valence-corrected chi connectivity index (χ0v) is 11.8. The first-order valence-corrected chi connectivity index (χ1v) is 8.58. The molecule has 0 spiro atoms. The van der Waals surface area contributed by atoms with Gasteiger partial charge in [0.25, 0.3) is 0 Å². The summed E-state index contributed by atoms with van der Waals surface area (Å²) in [5.41, 5.74) is 0. The minimum atomic E-state index is -3.15. The summed E-state index contributed by atoms with van der Waals surface area (Å²) in [5.74, 6) is 0.540. The third-order valence-electron chi connectivity index (χ3n) is 3.90. The molecule has 3 atom stereocenters. The summed E-state index contributed by atoms with van der Waals surface area (Å²) in [6, 6.07) is 0.129. The molecule has 0 amide bonds. The summed E-state index contributed by atoms with van der Waals surface area (Å²) in [7, 11) is -3.15.